The molecule has 3 aromatic rings. The molecule has 0 fully saturated rings. The Morgan fingerprint density at radius 2 is 1.86 bits per heavy atom. The van der Waals surface area contributed by atoms with Gasteiger partial charge in [-0.05, 0) is 42.3 Å². The molecule has 0 aliphatic carbocycles. The van der Waals surface area contributed by atoms with Gasteiger partial charge in [-0.1, -0.05) is 39.3 Å². The van der Waals surface area contributed by atoms with Crippen molar-refractivity contribution in [3.05, 3.63) is 58.3 Å². The SMILES string of the molecule is Cc1ccc(F)cc1-c1noc(N)c1-c1ccc(Br)cc1. The van der Waals surface area contributed by atoms with Crippen LogP contribution in [0.15, 0.2) is 51.5 Å². The first kappa shape index (κ1) is 13.8. The summed E-state index contributed by atoms with van der Waals surface area (Å²) in [5.74, 6) is -0.102. The van der Waals surface area contributed by atoms with Crippen molar-refractivity contribution in [2.75, 3.05) is 5.73 Å². The van der Waals surface area contributed by atoms with Gasteiger partial charge in [0.05, 0.1) is 5.56 Å². The molecule has 1 aromatic heterocycles. The van der Waals surface area contributed by atoms with Crippen molar-refractivity contribution < 1.29 is 8.91 Å². The number of hydrogen-bond donors (Lipinski definition) is 1. The molecule has 0 atom stereocenters. The first-order valence-corrected chi connectivity index (χ1v) is 7.13. The van der Waals surface area contributed by atoms with E-state index >= 15 is 0 Å². The smallest absolute Gasteiger partial charge is 0.230 e. The van der Waals surface area contributed by atoms with Gasteiger partial charge in [0.2, 0.25) is 5.88 Å². The summed E-state index contributed by atoms with van der Waals surface area (Å²) in [7, 11) is 0. The van der Waals surface area contributed by atoms with Gasteiger partial charge in [-0.15, -0.1) is 0 Å². The first-order valence-electron chi connectivity index (χ1n) is 6.34. The van der Waals surface area contributed by atoms with Crippen LogP contribution in [0.2, 0.25) is 0 Å². The summed E-state index contributed by atoms with van der Waals surface area (Å²) in [6.07, 6.45) is 0. The number of aryl methyl sites for hydroxylation is 1. The number of halogens is 2. The van der Waals surface area contributed by atoms with Gasteiger partial charge in [0, 0.05) is 10.0 Å². The monoisotopic (exact) mass is 346 g/mol. The van der Waals surface area contributed by atoms with Crippen LogP contribution in [0, 0.1) is 12.7 Å². The highest BCUT2D eigenvalue weighted by Gasteiger charge is 2.19. The third-order valence-corrected chi connectivity index (χ3v) is 3.83. The van der Waals surface area contributed by atoms with E-state index in [1.54, 1.807) is 6.07 Å². The van der Waals surface area contributed by atoms with Gasteiger partial charge in [0.25, 0.3) is 0 Å². The fourth-order valence-electron chi connectivity index (χ4n) is 2.23. The molecule has 0 spiro atoms. The van der Waals surface area contributed by atoms with Crippen molar-refractivity contribution in [1.29, 1.82) is 0 Å². The van der Waals surface area contributed by atoms with Gasteiger partial charge in [0.1, 0.15) is 11.5 Å². The molecule has 3 nitrogen and oxygen atoms in total. The maximum absolute atomic E-state index is 13.5. The normalized spacial score (nSPS) is 10.8. The highest BCUT2D eigenvalue weighted by Crippen LogP contribution is 2.37. The molecule has 21 heavy (non-hydrogen) atoms. The molecule has 1 heterocycles. The lowest BCUT2D eigenvalue weighted by Crippen LogP contribution is -1.90. The number of aromatic nitrogens is 1. The number of hydrogen-bond acceptors (Lipinski definition) is 3. The molecule has 0 aliphatic rings. The van der Waals surface area contributed by atoms with E-state index in [4.69, 9.17) is 10.3 Å². The number of anilines is 1. The standard InChI is InChI=1S/C16H12BrFN2O/c1-9-2-7-12(18)8-13(9)15-14(16(19)21-20-15)10-3-5-11(17)6-4-10/h2-8H,19H2,1H3. The molecule has 2 N–H and O–H groups in total. The van der Waals surface area contributed by atoms with E-state index in [1.807, 2.05) is 31.2 Å². The van der Waals surface area contributed by atoms with Gasteiger partial charge in [-0.3, -0.25) is 0 Å². The summed E-state index contributed by atoms with van der Waals surface area (Å²) < 4.78 is 19.6. The Kier molecular flexibility index (Phi) is 3.51. The molecule has 0 saturated heterocycles. The molecule has 0 radical (unpaired) electrons. The van der Waals surface area contributed by atoms with Crippen LogP contribution in [-0.4, -0.2) is 5.16 Å². The highest BCUT2D eigenvalue weighted by atomic mass is 79.9. The third kappa shape index (κ3) is 2.56. The Morgan fingerprint density at radius 1 is 1.14 bits per heavy atom. The maximum Gasteiger partial charge on any atom is 0.230 e. The van der Waals surface area contributed by atoms with E-state index in [9.17, 15) is 4.39 Å². The predicted molar refractivity (Wildman–Crippen MR) is 84.2 cm³/mol. The summed E-state index contributed by atoms with van der Waals surface area (Å²) in [6.45, 7) is 1.89. The van der Waals surface area contributed by atoms with Crippen LogP contribution in [0.25, 0.3) is 22.4 Å². The topological polar surface area (TPSA) is 52.0 Å². The lowest BCUT2D eigenvalue weighted by molar-refractivity contribution is 0.439. The lowest BCUT2D eigenvalue weighted by atomic mass is 9.98. The Balaban J connectivity index is 2.21. The Bertz CT molecular complexity index is 797. The molecule has 5 heteroatoms. The Labute approximate surface area is 129 Å². The van der Waals surface area contributed by atoms with E-state index < -0.39 is 0 Å². The molecule has 0 bridgehead atoms. The average molecular weight is 347 g/mol. The molecule has 0 unspecified atom stereocenters. The fourth-order valence-corrected chi connectivity index (χ4v) is 2.50. The first-order chi connectivity index (χ1) is 10.1. The highest BCUT2D eigenvalue weighted by molar-refractivity contribution is 9.10. The molecular weight excluding hydrogens is 335 g/mol. The Morgan fingerprint density at radius 3 is 2.57 bits per heavy atom. The minimum Gasteiger partial charge on any atom is -0.367 e. The summed E-state index contributed by atoms with van der Waals surface area (Å²) in [5.41, 5.74) is 9.58. The zero-order chi connectivity index (χ0) is 15.0. The second kappa shape index (κ2) is 5.33. The van der Waals surface area contributed by atoms with Gasteiger partial charge in [-0.25, -0.2) is 4.39 Å². The molecule has 0 aliphatic heterocycles. The molecule has 106 valence electrons. The fraction of sp³-hybridized carbons (Fsp3) is 0.0625. The molecule has 3 rings (SSSR count). The van der Waals surface area contributed by atoms with E-state index in [0.29, 0.717) is 16.8 Å². The van der Waals surface area contributed by atoms with E-state index in [2.05, 4.69) is 21.1 Å². The third-order valence-electron chi connectivity index (χ3n) is 3.31. The second-order valence-electron chi connectivity index (χ2n) is 4.74. The second-order valence-corrected chi connectivity index (χ2v) is 5.65. The van der Waals surface area contributed by atoms with E-state index in [-0.39, 0.29) is 11.7 Å². The summed E-state index contributed by atoms with van der Waals surface area (Å²) in [6, 6.07) is 12.2. The van der Waals surface area contributed by atoms with Crippen molar-refractivity contribution in [2.45, 2.75) is 6.92 Å². The van der Waals surface area contributed by atoms with Crippen molar-refractivity contribution >= 4 is 21.8 Å². The summed E-state index contributed by atoms with van der Waals surface area (Å²) >= 11 is 3.39. The summed E-state index contributed by atoms with van der Waals surface area (Å²) in [5, 5.41) is 4.01. The van der Waals surface area contributed by atoms with Gasteiger partial charge < -0.3 is 10.3 Å². The number of nitrogen functional groups attached to an aromatic ring is 1. The van der Waals surface area contributed by atoms with Gasteiger partial charge in [-0.2, -0.15) is 0 Å². The van der Waals surface area contributed by atoms with Crippen LogP contribution in [0.5, 0.6) is 0 Å². The van der Waals surface area contributed by atoms with Crippen molar-refractivity contribution in [3.8, 4) is 22.4 Å². The molecular formula is C16H12BrFN2O. The average Bonchev–Trinajstić information content (AvgIpc) is 2.84. The predicted octanol–water partition coefficient (Wildman–Crippen LogP) is 4.80. The van der Waals surface area contributed by atoms with Crippen molar-refractivity contribution in [2.24, 2.45) is 0 Å². The minimum absolute atomic E-state index is 0.219. The van der Waals surface area contributed by atoms with Crippen LogP contribution in [0.3, 0.4) is 0 Å². The van der Waals surface area contributed by atoms with Crippen molar-refractivity contribution in [1.82, 2.24) is 5.16 Å². The van der Waals surface area contributed by atoms with Gasteiger partial charge in [0.15, 0.2) is 0 Å². The number of nitrogens with zero attached hydrogens (tertiary/aromatic N) is 1. The van der Waals surface area contributed by atoms with E-state index in [1.165, 1.54) is 12.1 Å². The molecule has 0 saturated carbocycles. The minimum atomic E-state index is -0.320. The lowest BCUT2D eigenvalue weighted by Gasteiger charge is -2.06. The number of nitrogens with two attached hydrogens (primary N) is 1. The summed E-state index contributed by atoms with van der Waals surface area (Å²) in [4.78, 5) is 0. The zero-order valence-corrected chi connectivity index (χ0v) is 12.8. The van der Waals surface area contributed by atoms with Crippen LogP contribution in [-0.2, 0) is 0 Å². The van der Waals surface area contributed by atoms with Crippen LogP contribution in [0.1, 0.15) is 5.56 Å². The molecule has 2 aromatic carbocycles. The van der Waals surface area contributed by atoms with Crippen LogP contribution >= 0.6 is 15.9 Å². The van der Waals surface area contributed by atoms with Gasteiger partial charge >= 0.3 is 0 Å². The van der Waals surface area contributed by atoms with E-state index in [0.717, 1.165) is 15.6 Å². The maximum atomic E-state index is 13.5. The number of benzene rings is 2. The zero-order valence-electron chi connectivity index (χ0n) is 11.2. The van der Waals surface area contributed by atoms with Crippen LogP contribution < -0.4 is 5.73 Å². The Hall–Kier alpha value is -2.14. The van der Waals surface area contributed by atoms with Crippen molar-refractivity contribution in [3.63, 3.8) is 0 Å². The van der Waals surface area contributed by atoms with Crippen LogP contribution in [0.4, 0.5) is 10.3 Å². The largest absolute Gasteiger partial charge is 0.367 e. The molecule has 0 amide bonds. The quantitative estimate of drug-likeness (QED) is 0.724. The number of rotatable bonds is 2.